The molecule has 0 aliphatic carbocycles. The molecular formula is C15H16N2O2S2. The highest BCUT2D eigenvalue weighted by molar-refractivity contribution is 8.00. The van der Waals surface area contributed by atoms with Crippen LogP contribution in [-0.4, -0.2) is 37.9 Å². The van der Waals surface area contributed by atoms with Crippen molar-refractivity contribution in [3.8, 4) is 12.3 Å². The fraction of sp³-hybridized carbons (Fsp3) is 0.333. The topological polar surface area (TPSA) is 55.1 Å². The molecule has 2 aromatic rings. The van der Waals surface area contributed by atoms with E-state index in [4.69, 9.17) is 11.5 Å². The standard InChI is InChI=1S/C15H16N2O2S2/c1-3-7-20-8-6-17-13-9-11(2)4-5-12(13)16-15(17)21-10-14(18)19/h1,4-5,9H,6-8,10H2,2H3,(H,18,19). The molecular weight excluding hydrogens is 304 g/mol. The van der Waals surface area contributed by atoms with Gasteiger partial charge in [0, 0.05) is 12.3 Å². The summed E-state index contributed by atoms with van der Waals surface area (Å²) >= 11 is 2.94. The number of aliphatic carboxylic acids is 1. The number of fused-ring (bicyclic) bond motifs is 1. The minimum atomic E-state index is -0.837. The summed E-state index contributed by atoms with van der Waals surface area (Å²) in [7, 11) is 0. The second kappa shape index (κ2) is 7.43. The van der Waals surface area contributed by atoms with E-state index in [1.165, 1.54) is 11.8 Å². The number of aryl methyl sites for hydroxylation is 2. The van der Waals surface area contributed by atoms with Crippen LogP contribution in [0.4, 0.5) is 0 Å². The van der Waals surface area contributed by atoms with Crippen LogP contribution in [0.3, 0.4) is 0 Å². The molecule has 0 radical (unpaired) electrons. The molecule has 0 aliphatic rings. The second-order valence-electron chi connectivity index (χ2n) is 4.48. The van der Waals surface area contributed by atoms with Crippen molar-refractivity contribution in [1.29, 1.82) is 0 Å². The average molecular weight is 320 g/mol. The molecule has 0 aliphatic heterocycles. The van der Waals surface area contributed by atoms with Crippen LogP contribution >= 0.6 is 23.5 Å². The number of carboxylic acid groups (broad SMARTS) is 1. The molecule has 1 N–H and O–H groups in total. The van der Waals surface area contributed by atoms with Gasteiger partial charge in [0.25, 0.3) is 0 Å². The lowest BCUT2D eigenvalue weighted by atomic mass is 10.2. The maximum absolute atomic E-state index is 10.8. The van der Waals surface area contributed by atoms with Gasteiger partial charge in [0.1, 0.15) is 0 Å². The smallest absolute Gasteiger partial charge is 0.313 e. The highest BCUT2D eigenvalue weighted by Crippen LogP contribution is 2.25. The summed E-state index contributed by atoms with van der Waals surface area (Å²) in [6.45, 7) is 2.81. The van der Waals surface area contributed by atoms with Crippen molar-refractivity contribution in [1.82, 2.24) is 9.55 Å². The molecule has 0 unspecified atom stereocenters. The highest BCUT2D eigenvalue weighted by Gasteiger charge is 2.12. The Balaban J connectivity index is 2.27. The van der Waals surface area contributed by atoms with Crippen molar-refractivity contribution >= 4 is 40.5 Å². The number of terminal acetylenes is 1. The van der Waals surface area contributed by atoms with Crippen LogP contribution in [0.5, 0.6) is 0 Å². The Hall–Kier alpha value is -1.58. The number of thioether (sulfide) groups is 2. The van der Waals surface area contributed by atoms with Gasteiger partial charge >= 0.3 is 5.97 Å². The van der Waals surface area contributed by atoms with Gasteiger partial charge in [0.05, 0.1) is 22.5 Å². The minimum Gasteiger partial charge on any atom is -0.481 e. The lowest BCUT2D eigenvalue weighted by molar-refractivity contribution is -0.133. The number of aromatic nitrogens is 2. The zero-order chi connectivity index (χ0) is 15.2. The van der Waals surface area contributed by atoms with E-state index < -0.39 is 5.97 Å². The summed E-state index contributed by atoms with van der Waals surface area (Å²) in [6, 6.07) is 6.07. The van der Waals surface area contributed by atoms with Crippen LogP contribution in [0.2, 0.25) is 0 Å². The van der Waals surface area contributed by atoms with Crippen molar-refractivity contribution in [3.05, 3.63) is 23.8 Å². The van der Waals surface area contributed by atoms with Gasteiger partial charge in [0.2, 0.25) is 0 Å². The van der Waals surface area contributed by atoms with E-state index in [1.807, 2.05) is 19.1 Å². The van der Waals surface area contributed by atoms with Crippen LogP contribution in [0.15, 0.2) is 23.4 Å². The molecule has 6 heteroatoms. The maximum atomic E-state index is 10.8. The normalized spacial score (nSPS) is 10.7. The van der Waals surface area contributed by atoms with Gasteiger partial charge in [-0.2, -0.15) is 0 Å². The molecule has 0 fully saturated rings. The molecule has 0 spiro atoms. The van der Waals surface area contributed by atoms with Crippen LogP contribution in [0.1, 0.15) is 5.56 Å². The highest BCUT2D eigenvalue weighted by atomic mass is 32.2. The third-order valence-electron chi connectivity index (χ3n) is 2.84. The van der Waals surface area contributed by atoms with Crippen LogP contribution in [0, 0.1) is 19.3 Å². The van der Waals surface area contributed by atoms with Crippen molar-refractivity contribution in [3.63, 3.8) is 0 Å². The number of benzene rings is 1. The largest absolute Gasteiger partial charge is 0.481 e. The molecule has 4 nitrogen and oxygen atoms in total. The molecule has 0 atom stereocenters. The van der Waals surface area contributed by atoms with Gasteiger partial charge in [0.15, 0.2) is 5.16 Å². The number of hydrogen-bond donors (Lipinski definition) is 1. The van der Waals surface area contributed by atoms with Gasteiger partial charge in [-0.25, -0.2) is 4.98 Å². The number of rotatable bonds is 7. The van der Waals surface area contributed by atoms with Crippen LogP contribution < -0.4 is 0 Å². The quantitative estimate of drug-likeness (QED) is 0.483. The third kappa shape index (κ3) is 4.19. The fourth-order valence-corrected chi connectivity index (χ4v) is 3.28. The predicted molar refractivity (Wildman–Crippen MR) is 89.0 cm³/mol. The molecule has 2 rings (SSSR count). The minimum absolute atomic E-state index is 0.0137. The Kier molecular flexibility index (Phi) is 5.59. The maximum Gasteiger partial charge on any atom is 0.313 e. The average Bonchev–Trinajstić information content (AvgIpc) is 2.78. The molecule has 0 saturated heterocycles. The van der Waals surface area contributed by atoms with Crippen molar-refractivity contribution in [2.24, 2.45) is 0 Å². The summed E-state index contributed by atoms with van der Waals surface area (Å²) in [5, 5.41) is 9.60. The SMILES string of the molecule is C#CCSCCn1c(SCC(=O)O)nc2ccc(C)cc21. The molecule has 1 heterocycles. The van der Waals surface area contributed by atoms with Gasteiger partial charge in [-0.3, -0.25) is 4.79 Å². The van der Waals surface area contributed by atoms with Gasteiger partial charge in [-0.1, -0.05) is 23.7 Å². The number of hydrogen-bond acceptors (Lipinski definition) is 4. The number of imidazole rings is 1. The van der Waals surface area contributed by atoms with Crippen LogP contribution in [-0.2, 0) is 11.3 Å². The van der Waals surface area contributed by atoms with Crippen molar-refractivity contribution in [2.45, 2.75) is 18.6 Å². The summed E-state index contributed by atoms with van der Waals surface area (Å²) in [4.78, 5) is 15.3. The summed E-state index contributed by atoms with van der Waals surface area (Å²) in [6.07, 6.45) is 5.25. The first-order valence-electron chi connectivity index (χ1n) is 6.44. The Labute approximate surface area is 132 Å². The Morgan fingerprint density at radius 2 is 2.33 bits per heavy atom. The first-order valence-corrected chi connectivity index (χ1v) is 8.58. The molecule has 21 heavy (non-hydrogen) atoms. The van der Waals surface area contributed by atoms with Crippen molar-refractivity contribution < 1.29 is 9.90 Å². The number of nitrogens with zero attached hydrogens (tertiary/aromatic N) is 2. The van der Waals surface area contributed by atoms with E-state index in [0.717, 1.165) is 34.1 Å². The monoisotopic (exact) mass is 320 g/mol. The van der Waals surface area contributed by atoms with E-state index in [0.29, 0.717) is 5.75 Å². The molecule has 1 aromatic heterocycles. The van der Waals surface area contributed by atoms with E-state index >= 15 is 0 Å². The molecule has 0 saturated carbocycles. The third-order valence-corrected chi connectivity index (χ3v) is 4.64. The van der Waals surface area contributed by atoms with E-state index in [-0.39, 0.29) is 5.75 Å². The Bertz CT molecular complexity index is 689. The Morgan fingerprint density at radius 3 is 3.05 bits per heavy atom. The summed E-state index contributed by atoms with van der Waals surface area (Å²) in [5.41, 5.74) is 3.11. The Morgan fingerprint density at radius 1 is 1.52 bits per heavy atom. The first-order chi connectivity index (χ1) is 10.1. The van der Waals surface area contributed by atoms with Gasteiger partial charge in [-0.05, 0) is 24.6 Å². The molecule has 110 valence electrons. The summed E-state index contributed by atoms with van der Waals surface area (Å²) < 4.78 is 2.08. The van der Waals surface area contributed by atoms with E-state index in [9.17, 15) is 4.79 Å². The predicted octanol–water partition coefficient (Wildman–Crippen LogP) is 2.89. The zero-order valence-corrected chi connectivity index (χ0v) is 13.3. The molecule has 1 aromatic carbocycles. The number of carboxylic acids is 1. The summed E-state index contributed by atoms with van der Waals surface area (Å²) in [5.74, 6) is 3.34. The molecule has 0 bridgehead atoms. The first kappa shape index (κ1) is 15.8. The van der Waals surface area contributed by atoms with Gasteiger partial charge < -0.3 is 9.67 Å². The van der Waals surface area contributed by atoms with Crippen LogP contribution in [0.25, 0.3) is 11.0 Å². The number of carbonyl (C=O) groups is 1. The fourth-order valence-electron chi connectivity index (χ4n) is 1.95. The lowest BCUT2D eigenvalue weighted by Gasteiger charge is -2.07. The van der Waals surface area contributed by atoms with E-state index in [1.54, 1.807) is 11.8 Å². The van der Waals surface area contributed by atoms with Crippen molar-refractivity contribution in [2.75, 3.05) is 17.3 Å². The zero-order valence-electron chi connectivity index (χ0n) is 11.7. The second-order valence-corrected chi connectivity index (χ2v) is 6.52. The van der Waals surface area contributed by atoms with E-state index in [2.05, 4.69) is 21.5 Å². The lowest BCUT2D eigenvalue weighted by Crippen LogP contribution is -2.05. The molecule has 0 amide bonds. The van der Waals surface area contributed by atoms with Gasteiger partial charge in [-0.15, -0.1) is 18.2 Å².